The van der Waals surface area contributed by atoms with Crippen molar-refractivity contribution in [1.29, 1.82) is 0 Å². The first-order valence-electron chi connectivity index (χ1n) is 9.31. The zero-order chi connectivity index (χ0) is 20.3. The standard InChI is InChI=1S/C20H24N2O4S2/c1-13-7-9-14(10-8-13)28(25,26)12-11-17(23)22-20-18(19(21)24)15-5-3-2-4-6-16(15)27-20/h7-10H,2-6,11-12H2,1H3,(H2,21,24)(H,22,23). The van der Waals surface area contributed by atoms with Gasteiger partial charge in [-0.05, 0) is 50.3 Å². The van der Waals surface area contributed by atoms with Crippen molar-refractivity contribution in [1.82, 2.24) is 0 Å². The molecule has 0 saturated heterocycles. The molecular weight excluding hydrogens is 396 g/mol. The summed E-state index contributed by atoms with van der Waals surface area (Å²) in [6, 6.07) is 6.55. The van der Waals surface area contributed by atoms with Crippen molar-refractivity contribution in [2.45, 2.75) is 50.3 Å². The summed E-state index contributed by atoms with van der Waals surface area (Å²) in [5, 5.41) is 3.16. The lowest BCUT2D eigenvalue weighted by Crippen LogP contribution is -2.20. The SMILES string of the molecule is Cc1ccc(S(=O)(=O)CCC(=O)Nc2sc3c(c2C(N)=O)CCCCC3)cc1. The summed E-state index contributed by atoms with van der Waals surface area (Å²) in [7, 11) is -3.55. The van der Waals surface area contributed by atoms with Gasteiger partial charge in [0.05, 0.1) is 16.2 Å². The number of benzene rings is 1. The fourth-order valence-electron chi connectivity index (χ4n) is 3.37. The zero-order valence-corrected chi connectivity index (χ0v) is 17.4. The molecule has 28 heavy (non-hydrogen) atoms. The number of amides is 2. The van der Waals surface area contributed by atoms with Crippen LogP contribution in [0.4, 0.5) is 5.00 Å². The molecule has 0 atom stereocenters. The smallest absolute Gasteiger partial charge is 0.251 e. The first-order chi connectivity index (χ1) is 13.3. The first-order valence-corrected chi connectivity index (χ1v) is 11.8. The van der Waals surface area contributed by atoms with Gasteiger partial charge in [-0.2, -0.15) is 0 Å². The van der Waals surface area contributed by atoms with Crippen molar-refractivity contribution < 1.29 is 18.0 Å². The van der Waals surface area contributed by atoms with Gasteiger partial charge in [0.25, 0.3) is 5.91 Å². The average molecular weight is 421 g/mol. The third kappa shape index (κ3) is 4.62. The summed E-state index contributed by atoms with van der Waals surface area (Å²) in [5.41, 5.74) is 7.86. The fourth-order valence-corrected chi connectivity index (χ4v) is 5.92. The van der Waals surface area contributed by atoms with Crippen LogP contribution in [0.5, 0.6) is 0 Å². The number of nitrogens with one attached hydrogen (secondary N) is 1. The number of thiophene rings is 1. The van der Waals surface area contributed by atoms with Gasteiger partial charge in [-0.1, -0.05) is 24.1 Å². The molecule has 150 valence electrons. The van der Waals surface area contributed by atoms with E-state index in [1.165, 1.54) is 11.3 Å². The Labute approximate surface area is 169 Å². The van der Waals surface area contributed by atoms with Crippen molar-refractivity contribution in [3.63, 3.8) is 0 Å². The predicted octanol–water partition coefficient (Wildman–Crippen LogP) is 3.23. The number of primary amides is 1. The van der Waals surface area contributed by atoms with E-state index in [0.29, 0.717) is 10.6 Å². The van der Waals surface area contributed by atoms with Crippen LogP contribution in [0.1, 0.15) is 52.0 Å². The van der Waals surface area contributed by atoms with Crippen LogP contribution in [0.2, 0.25) is 0 Å². The Balaban J connectivity index is 1.71. The molecule has 0 fully saturated rings. The maximum Gasteiger partial charge on any atom is 0.251 e. The molecule has 3 N–H and O–H groups in total. The molecule has 1 heterocycles. The van der Waals surface area contributed by atoms with E-state index in [-0.39, 0.29) is 17.1 Å². The Hall–Kier alpha value is -2.19. The van der Waals surface area contributed by atoms with E-state index in [1.807, 2.05) is 6.92 Å². The summed E-state index contributed by atoms with van der Waals surface area (Å²) in [6.45, 7) is 1.88. The largest absolute Gasteiger partial charge is 0.365 e. The Morgan fingerprint density at radius 1 is 1.11 bits per heavy atom. The number of hydrogen-bond acceptors (Lipinski definition) is 5. The Bertz CT molecular complexity index is 992. The van der Waals surface area contributed by atoms with E-state index in [2.05, 4.69) is 5.32 Å². The number of hydrogen-bond donors (Lipinski definition) is 2. The van der Waals surface area contributed by atoms with E-state index in [4.69, 9.17) is 5.73 Å². The van der Waals surface area contributed by atoms with Crippen LogP contribution >= 0.6 is 11.3 Å². The number of fused-ring (bicyclic) bond motifs is 1. The molecule has 1 aromatic carbocycles. The van der Waals surface area contributed by atoms with Gasteiger partial charge in [0.15, 0.2) is 9.84 Å². The average Bonchev–Trinajstić information content (AvgIpc) is 2.81. The lowest BCUT2D eigenvalue weighted by Gasteiger charge is -2.07. The zero-order valence-electron chi connectivity index (χ0n) is 15.8. The van der Waals surface area contributed by atoms with Gasteiger partial charge in [-0.15, -0.1) is 11.3 Å². The quantitative estimate of drug-likeness (QED) is 0.700. The highest BCUT2D eigenvalue weighted by atomic mass is 32.2. The molecule has 1 aliphatic rings. The predicted molar refractivity (Wildman–Crippen MR) is 111 cm³/mol. The third-order valence-corrected chi connectivity index (χ3v) is 7.84. The molecule has 0 spiro atoms. The number of nitrogens with two attached hydrogens (primary N) is 1. The number of carbonyl (C=O) groups excluding carboxylic acids is 2. The van der Waals surface area contributed by atoms with E-state index in [1.54, 1.807) is 24.3 Å². The van der Waals surface area contributed by atoms with Gasteiger partial charge in [-0.3, -0.25) is 9.59 Å². The van der Waals surface area contributed by atoms with Gasteiger partial charge < -0.3 is 11.1 Å². The maximum atomic E-state index is 12.4. The summed E-state index contributed by atoms with van der Waals surface area (Å²) < 4.78 is 24.8. The third-order valence-electron chi connectivity index (χ3n) is 4.90. The van der Waals surface area contributed by atoms with Crippen molar-refractivity contribution in [3.05, 3.63) is 45.8 Å². The van der Waals surface area contributed by atoms with E-state index in [9.17, 15) is 18.0 Å². The topological polar surface area (TPSA) is 106 Å². The van der Waals surface area contributed by atoms with Crippen molar-refractivity contribution in [2.24, 2.45) is 5.73 Å². The normalized spacial score (nSPS) is 14.2. The minimum Gasteiger partial charge on any atom is -0.365 e. The number of sulfone groups is 1. The Kier molecular flexibility index (Phi) is 6.20. The second-order valence-electron chi connectivity index (χ2n) is 7.06. The first kappa shape index (κ1) is 20.5. The van der Waals surface area contributed by atoms with E-state index >= 15 is 0 Å². The van der Waals surface area contributed by atoms with Gasteiger partial charge >= 0.3 is 0 Å². The number of anilines is 1. The van der Waals surface area contributed by atoms with Crippen LogP contribution in [0.15, 0.2) is 29.2 Å². The van der Waals surface area contributed by atoms with Gasteiger partial charge in [0.2, 0.25) is 5.91 Å². The highest BCUT2D eigenvalue weighted by molar-refractivity contribution is 7.91. The molecule has 2 amide bonds. The van der Waals surface area contributed by atoms with Crippen LogP contribution < -0.4 is 11.1 Å². The molecule has 0 unspecified atom stereocenters. The minimum atomic E-state index is -3.55. The molecule has 0 radical (unpaired) electrons. The molecule has 3 rings (SSSR count). The highest BCUT2D eigenvalue weighted by Crippen LogP contribution is 2.37. The number of carbonyl (C=O) groups is 2. The fraction of sp³-hybridized carbons (Fsp3) is 0.400. The maximum absolute atomic E-state index is 12.4. The molecule has 1 aromatic heterocycles. The summed E-state index contributed by atoms with van der Waals surface area (Å²) in [6.07, 6.45) is 4.62. The Morgan fingerprint density at radius 2 is 1.79 bits per heavy atom. The van der Waals surface area contributed by atoms with Crippen LogP contribution in [-0.4, -0.2) is 26.0 Å². The van der Waals surface area contributed by atoms with Crippen molar-refractivity contribution in [2.75, 3.05) is 11.1 Å². The van der Waals surface area contributed by atoms with Crippen LogP contribution in [0.3, 0.4) is 0 Å². The molecule has 8 heteroatoms. The monoisotopic (exact) mass is 420 g/mol. The van der Waals surface area contributed by atoms with Gasteiger partial charge in [-0.25, -0.2) is 8.42 Å². The summed E-state index contributed by atoms with van der Waals surface area (Å²) in [5.74, 6) is -1.28. The Morgan fingerprint density at radius 3 is 2.46 bits per heavy atom. The second-order valence-corrected chi connectivity index (χ2v) is 10.3. The number of rotatable bonds is 6. The van der Waals surface area contributed by atoms with Crippen LogP contribution in [-0.2, 0) is 27.5 Å². The summed E-state index contributed by atoms with van der Waals surface area (Å²) in [4.78, 5) is 25.6. The van der Waals surface area contributed by atoms with Crippen molar-refractivity contribution in [3.8, 4) is 0 Å². The molecule has 0 aliphatic heterocycles. The minimum absolute atomic E-state index is 0.184. The second kappa shape index (κ2) is 8.45. The van der Waals surface area contributed by atoms with E-state index in [0.717, 1.165) is 48.1 Å². The van der Waals surface area contributed by atoms with Crippen LogP contribution in [0, 0.1) is 6.92 Å². The molecule has 6 nitrogen and oxygen atoms in total. The lowest BCUT2D eigenvalue weighted by molar-refractivity contribution is -0.115. The molecule has 0 saturated carbocycles. The van der Waals surface area contributed by atoms with Gasteiger partial charge in [0, 0.05) is 11.3 Å². The van der Waals surface area contributed by atoms with Crippen LogP contribution in [0.25, 0.3) is 0 Å². The molecule has 2 aromatic rings. The van der Waals surface area contributed by atoms with E-state index < -0.39 is 21.7 Å². The number of aryl methyl sites for hydroxylation is 2. The van der Waals surface area contributed by atoms with Gasteiger partial charge in [0.1, 0.15) is 5.00 Å². The molecular formula is C20H24N2O4S2. The summed E-state index contributed by atoms with van der Waals surface area (Å²) >= 11 is 1.38. The highest BCUT2D eigenvalue weighted by Gasteiger charge is 2.25. The molecule has 0 bridgehead atoms. The molecule has 1 aliphatic carbocycles. The van der Waals surface area contributed by atoms with Crippen molar-refractivity contribution >= 4 is 38.0 Å². The lowest BCUT2D eigenvalue weighted by atomic mass is 10.1.